The number of aliphatic hydroxyl groups is 1. The molecule has 0 fully saturated rings. The van der Waals surface area contributed by atoms with Crippen molar-refractivity contribution in [1.82, 2.24) is 0 Å². The Labute approximate surface area is 129 Å². The molecule has 1 aromatic heterocycles. The number of para-hydroxylation sites is 2. The van der Waals surface area contributed by atoms with Crippen LogP contribution in [-0.4, -0.2) is 18.3 Å². The van der Waals surface area contributed by atoms with Gasteiger partial charge >= 0.3 is 0 Å². The smallest absolute Gasteiger partial charge is 0.161 e. The molecule has 0 saturated heterocycles. The molecule has 0 radical (unpaired) electrons. The van der Waals surface area contributed by atoms with Gasteiger partial charge in [-0.05, 0) is 30.5 Å². The first-order chi connectivity index (χ1) is 10.3. The summed E-state index contributed by atoms with van der Waals surface area (Å²) in [5.41, 5.74) is 0.961. The Balaban J connectivity index is 2.04. The number of rotatable bonds is 6. The fourth-order valence-electron chi connectivity index (χ4n) is 1.76. The van der Waals surface area contributed by atoms with Crippen molar-refractivity contribution in [2.45, 2.75) is 20.0 Å². The van der Waals surface area contributed by atoms with Gasteiger partial charge in [-0.1, -0.05) is 24.0 Å². The molecule has 0 aliphatic rings. The summed E-state index contributed by atoms with van der Waals surface area (Å²) in [6.07, 6.45) is 0.489. The van der Waals surface area contributed by atoms with E-state index in [0.717, 1.165) is 21.9 Å². The third kappa shape index (κ3) is 4.52. The van der Waals surface area contributed by atoms with Gasteiger partial charge in [-0.3, -0.25) is 0 Å². The lowest BCUT2D eigenvalue weighted by molar-refractivity contribution is 0.271. The van der Waals surface area contributed by atoms with Crippen molar-refractivity contribution >= 4 is 11.3 Å². The highest BCUT2D eigenvalue weighted by Crippen LogP contribution is 2.28. The third-order valence-corrected chi connectivity index (χ3v) is 3.61. The molecule has 21 heavy (non-hydrogen) atoms. The van der Waals surface area contributed by atoms with Crippen LogP contribution < -0.4 is 9.47 Å². The Hall–Kier alpha value is -1.96. The number of thiophene rings is 1. The minimum Gasteiger partial charge on any atom is -0.490 e. The van der Waals surface area contributed by atoms with E-state index in [1.54, 1.807) is 11.3 Å². The van der Waals surface area contributed by atoms with E-state index < -0.39 is 0 Å². The van der Waals surface area contributed by atoms with Crippen LogP contribution in [0.2, 0.25) is 0 Å². The van der Waals surface area contributed by atoms with Crippen molar-refractivity contribution in [3.63, 3.8) is 0 Å². The molecule has 1 heterocycles. The van der Waals surface area contributed by atoms with E-state index in [2.05, 4.69) is 11.8 Å². The summed E-state index contributed by atoms with van der Waals surface area (Å²) in [6.45, 7) is 3.11. The van der Waals surface area contributed by atoms with Crippen molar-refractivity contribution in [2.75, 3.05) is 13.2 Å². The van der Waals surface area contributed by atoms with Gasteiger partial charge in [0.05, 0.1) is 18.1 Å². The summed E-state index contributed by atoms with van der Waals surface area (Å²) in [4.78, 5) is 1.08. The van der Waals surface area contributed by atoms with Gasteiger partial charge in [0.1, 0.15) is 6.61 Å². The molecule has 0 bridgehead atoms. The van der Waals surface area contributed by atoms with Crippen LogP contribution in [0.25, 0.3) is 0 Å². The Morgan fingerprint density at radius 1 is 1.14 bits per heavy atom. The van der Waals surface area contributed by atoms with Gasteiger partial charge in [-0.25, -0.2) is 0 Å². The Bertz CT molecular complexity index is 622. The first-order valence-electron chi connectivity index (χ1n) is 6.86. The number of benzene rings is 1. The number of hydrogen-bond donors (Lipinski definition) is 1. The van der Waals surface area contributed by atoms with Gasteiger partial charge in [0.2, 0.25) is 0 Å². The van der Waals surface area contributed by atoms with E-state index >= 15 is 0 Å². The van der Waals surface area contributed by atoms with Crippen molar-refractivity contribution in [3.05, 3.63) is 46.2 Å². The molecule has 0 saturated carbocycles. The summed E-state index contributed by atoms with van der Waals surface area (Å²) in [6, 6.07) is 9.62. The average Bonchev–Trinajstić information content (AvgIpc) is 2.94. The molecule has 0 aliphatic carbocycles. The predicted octanol–water partition coefficient (Wildman–Crippen LogP) is 3.46. The maximum Gasteiger partial charge on any atom is 0.161 e. The van der Waals surface area contributed by atoms with Crippen LogP contribution in [0.5, 0.6) is 11.5 Å². The Morgan fingerprint density at radius 3 is 2.62 bits per heavy atom. The lowest BCUT2D eigenvalue weighted by atomic mass is 10.2. The molecule has 3 nitrogen and oxygen atoms in total. The van der Waals surface area contributed by atoms with Crippen molar-refractivity contribution in [1.29, 1.82) is 0 Å². The lowest BCUT2D eigenvalue weighted by Gasteiger charge is -2.11. The van der Waals surface area contributed by atoms with Crippen LogP contribution in [0, 0.1) is 11.8 Å². The molecule has 4 heteroatoms. The van der Waals surface area contributed by atoms with Crippen LogP contribution in [-0.2, 0) is 6.61 Å². The third-order valence-electron chi connectivity index (χ3n) is 2.71. The zero-order chi connectivity index (χ0) is 14.9. The first kappa shape index (κ1) is 15.4. The van der Waals surface area contributed by atoms with Gasteiger partial charge in [-0.2, -0.15) is 0 Å². The van der Waals surface area contributed by atoms with E-state index in [9.17, 15) is 0 Å². The minimum atomic E-state index is 0.0880. The van der Waals surface area contributed by atoms with E-state index in [1.807, 2.05) is 42.6 Å². The monoisotopic (exact) mass is 302 g/mol. The topological polar surface area (TPSA) is 38.7 Å². The second-order valence-electron chi connectivity index (χ2n) is 4.20. The molecule has 0 unspecified atom stereocenters. The van der Waals surface area contributed by atoms with Gasteiger partial charge in [0, 0.05) is 12.0 Å². The summed E-state index contributed by atoms with van der Waals surface area (Å²) >= 11 is 1.62. The molecule has 0 aliphatic heterocycles. The zero-order valence-electron chi connectivity index (χ0n) is 12.0. The molecule has 0 atom stereocenters. The van der Waals surface area contributed by atoms with Crippen molar-refractivity contribution in [2.24, 2.45) is 0 Å². The number of aliphatic hydroxyl groups excluding tert-OH is 1. The van der Waals surface area contributed by atoms with Crippen LogP contribution in [0.1, 0.15) is 23.8 Å². The molecular weight excluding hydrogens is 284 g/mol. The fraction of sp³-hybridized carbons (Fsp3) is 0.294. The quantitative estimate of drug-likeness (QED) is 0.831. The molecular formula is C17H18O3S. The number of hydrogen-bond acceptors (Lipinski definition) is 4. The van der Waals surface area contributed by atoms with Gasteiger partial charge in [-0.15, -0.1) is 11.3 Å². The maximum absolute atomic E-state index is 8.76. The second kappa shape index (κ2) is 8.35. The minimum absolute atomic E-state index is 0.0880. The Kier molecular flexibility index (Phi) is 6.14. The highest BCUT2D eigenvalue weighted by atomic mass is 32.1. The highest BCUT2D eigenvalue weighted by Gasteiger charge is 2.07. The van der Waals surface area contributed by atoms with E-state index in [4.69, 9.17) is 14.6 Å². The van der Waals surface area contributed by atoms with Gasteiger partial charge in [0.15, 0.2) is 11.5 Å². The van der Waals surface area contributed by atoms with Crippen molar-refractivity contribution < 1.29 is 14.6 Å². The molecule has 0 amide bonds. The van der Waals surface area contributed by atoms with Crippen LogP contribution in [0.15, 0.2) is 35.7 Å². The maximum atomic E-state index is 8.76. The van der Waals surface area contributed by atoms with E-state index in [1.165, 1.54) is 0 Å². The highest BCUT2D eigenvalue weighted by molar-refractivity contribution is 7.10. The normalized spacial score (nSPS) is 9.81. The summed E-state index contributed by atoms with van der Waals surface area (Å²) in [5, 5.41) is 10.8. The van der Waals surface area contributed by atoms with Crippen LogP contribution in [0.3, 0.4) is 0 Å². The second-order valence-corrected chi connectivity index (χ2v) is 5.20. The molecule has 110 valence electrons. The zero-order valence-corrected chi connectivity index (χ0v) is 12.8. The summed E-state index contributed by atoms with van der Waals surface area (Å²) in [7, 11) is 0. The predicted molar refractivity (Wildman–Crippen MR) is 84.8 cm³/mol. The first-order valence-corrected chi connectivity index (χ1v) is 7.73. The standard InChI is InChI=1S/C17H18O3S/c1-2-19-15-8-3-4-9-16(15)20-13-17-14(10-12-21-17)7-5-6-11-18/h3-4,8-10,12,18H,2,6,11,13H2,1H3. The molecule has 2 rings (SSSR count). The SMILES string of the molecule is CCOc1ccccc1OCc1sccc1C#CCCO. The lowest BCUT2D eigenvalue weighted by Crippen LogP contribution is -1.99. The average molecular weight is 302 g/mol. The van der Waals surface area contributed by atoms with E-state index in [-0.39, 0.29) is 6.61 Å². The summed E-state index contributed by atoms with van der Waals surface area (Å²) in [5.74, 6) is 7.49. The largest absolute Gasteiger partial charge is 0.490 e. The fourth-order valence-corrected chi connectivity index (χ4v) is 2.51. The van der Waals surface area contributed by atoms with E-state index in [0.29, 0.717) is 19.6 Å². The Morgan fingerprint density at radius 2 is 1.90 bits per heavy atom. The molecule has 1 aromatic carbocycles. The van der Waals surface area contributed by atoms with Crippen molar-refractivity contribution in [3.8, 4) is 23.3 Å². The molecule has 2 aromatic rings. The summed E-state index contributed by atoms with van der Waals surface area (Å²) < 4.78 is 11.4. The van der Waals surface area contributed by atoms with Gasteiger partial charge < -0.3 is 14.6 Å². The molecule has 1 N–H and O–H groups in total. The number of ether oxygens (including phenoxy) is 2. The van der Waals surface area contributed by atoms with Crippen LogP contribution in [0.4, 0.5) is 0 Å². The van der Waals surface area contributed by atoms with Gasteiger partial charge in [0.25, 0.3) is 0 Å². The van der Waals surface area contributed by atoms with Crippen LogP contribution >= 0.6 is 11.3 Å². The molecule has 0 spiro atoms.